The van der Waals surface area contributed by atoms with Gasteiger partial charge in [0.2, 0.25) is 5.95 Å². The maximum Gasteiger partial charge on any atom is 0.287 e. The van der Waals surface area contributed by atoms with Crippen LogP contribution in [0.1, 0.15) is 17.7 Å². The van der Waals surface area contributed by atoms with Crippen LogP contribution >= 0.6 is 23.2 Å². The van der Waals surface area contributed by atoms with E-state index in [0.717, 1.165) is 0 Å². The molecule has 0 saturated heterocycles. The molecular formula is C22H15Cl2N7O2. The average molecular weight is 480 g/mol. The SMILES string of the molecule is N#Cc1cnc(NCCC2(c3ccc([N+](=O)[O-])cn3)C=CC=N2)nc1-c1ccc(Cl)c(Cl)c1. The molecule has 1 unspecified atom stereocenters. The Balaban J connectivity index is 1.53. The van der Waals surface area contributed by atoms with E-state index in [1.54, 1.807) is 30.5 Å². The van der Waals surface area contributed by atoms with E-state index in [9.17, 15) is 15.4 Å². The molecule has 0 spiro atoms. The van der Waals surface area contributed by atoms with Gasteiger partial charge in [0, 0.05) is 24.4 Å². The third kappa shape index (κ3) is 4.67. The van der Waals surface area contributed by atoms with E-state index in [1.807, 2.05) is 12.2 Å². The van der Waals surface area contributed by atoms with Gasteiger partial charge in [-0.05, 0) is 36.8 Å². The number of nitriles is 1. The fraction of sp³-hybridized carbons (Fsp3) is 0.136. The van der Waals surface area contributed by atoms with Crippen LogP contribution in [0.4, 0.5) is 11.6 Å². The number of aromatic nitrogens is 3. The van der Waals surface area contributed by atoms with Gasteiger partial charge in [-0.25, -0.2) is 9.97 Å². The molecule has 0 fully saturated rings. The summed E-state index contributed by atoms with van der Waals surface area (Å²) in [6, 6.07) is 10.1. The number of pyridine rings is 1. The van der Waals surface area contributed by atoms with Crippen molar-refractivity contribution < 1.29 is 4.92 Å². The first-order chi connectivity index (χ1) is 15.9. The van der Waals surface area contributed by atoms with E-state index >= 15 is 0 Å². The third-order valence-corrected chi connectivity index (χ3v) is 5.80. The highest BCUT2D eigenvalue weighted by Crippen LogP contribution is 2.33. The summed E-state index contributed by atoms with van der Waals surface area (Å²) in [5.41, 5.74) is 1.13. The number of rotatable bonds is 7. The number of benzene rings is 1. The topological polar surface area (TPSA) is 130 Å². The molecule has 164 valence electrons. The predicted octanol–water partition coefficient (Wildman–Crippen LogP) is 4.96. The maximum atomic E-state index is 10.9. The normalized spacial score (nSPS) is 16.5. The van der Waals surface area contributed by atoms with Crippen LogP contribution in [-0.2, 0) is 5.54 Å². The van der Waals surface area contributed by atoms with E-state index in [-0.39, 0.29) is 5.69 Å². The zero-order valence-electron chi connectivity index (χ0n) is 16.9. The van der Waals surface area contributed by atoms with Crippen molar-refractivity contribution in [3.63, 3.8) is 0 Å². The Hall–Kier alpha value is -3.87. The molecule has 9 nitrogen and oxygen atoms in total. The molecule has 1 aromatic carbocycles. The minimum Gasteiger partial charge on any atom is -0.354 e. The summed E-state index contributed by atoms with van der Waals surface area (Å²) in [6.07, 6.45) is 8.53. The number of aliphatic imine (C=N–C) groups is 1. The lowest BCUT2D eigenvalue weighted by Crippen LogP contribution is -2.25. The van der Waals surface area contributed by atoms with Gasteiger partial charge in [-0.15, -0.1) is 0 Å². The number of hydrogen-bond acceptors (Lipinski definition) is 8. The number of allylic oxidation sites excluding steroid dienone is 1. The molecule has 1 atom stereocenters. The first-order valence-electron chi connectivity index (χ1n) is 9.72. The summed E-state index contributed by atoms with van der Waals surface area (Å²) >= 11 is 12.1. The number of nitrogens with one attached hydrogen (secondary N) is 1. The largest absolute Gasteiger partial charge is 0.354 e. The molecule has 2 aromatic heterocycles. The lowest BCUT2D eigenvalue weighted by Gasteiger charge is -2.23. The summed E-state index contributed by atoms with van der Waals surface area (Å²) in [7, 11) is 0. The Morgan fingerprint density at radius 3 is 2.64 bits per heavy atom. The zero-order chi connectivity index (χ0) is 23.4. The second-order valence-electron chi connectivity index (χ2n) is 7.09. The number of nitrogens with zero attached hydrogens (tertiary/aromatic N) is 6. The molecule has 1 aliphatic heterocycles. The molecule has 4 rings (SSSR count). The van der Waals surface area contributed by atoms with E-state index < -0.39 is 10.5 Å². The van der Waals surface area contributed by atoms with Crippen LogP contribution in [0, 0.1) is 21.4 Å². The summed E-state index contributed by atoms with van der Waals surface area (Å²) in [5.74, 6) is 0.327. The van der Waals surface area contributed by atoms with Crippen LogP contribution in [0.15, 0.2) is 59.9 Å². The van der Waals surface area contributed by atoms with Gasteiger partial charge in [-0.2, -0.15) is 5.26 Å². The molecule has 0 amide bonds. The summed E-state index contributed by atoms with van der Waals surface area (Å²) in [6.45, 7) is 0.424. The van der Waals surface area contributed by atoms with Crippen molar-refractivity contribution in [3.8, 4) is 17.3 Å². The summed E-state index contributed by atoms with van der Waals surface area (Å²) in [4.78, 5) is 27.9. The van der Waals surface area contributed by atoms with Gasteiger partial charge >= 0.3 is 0 Å². The van der Waals surface area contributed by atoms with Gasteiger partial charge in [0.05, 0.1) is 38.1 Å². The highest BCUT2D eigenvalue weighted by Gasteiger charge is 2.32. The fourth-order valence-electron chi connectivity index (χ4n) is 3.38. The van der Waals surface area contributed by atoms with Crippen molar-refractivity contribution in [1.29, 1.82) is 5.26 Å². The lowest BCUT2D eigenvalue weighted by atomic mass is 9.92. The molecule has 1 N–H and O–H groups in total. The molecule has 1 aliphatic rings. The van der Waals surface area contributed by atoms with E-state index in [4.69, 9.17) is 23.2 Å². The van der Waals surface area contributed by atoms with Gasteiger partial charge in [0.1, 0.15) is 17.8 Å². The van der Waals surface area contributed by atoms with Crippen LogP contribution in [0.3, 0.4) is 0 Å². The van der Waals surface area contributed by atoms with Gasteiger partial charge < -0.3 is 5.32 Å². The van der Waals surface area contributed by atoms with Crippen LogP contribution in [0.2, 0.25) is 10.0 Å². The molecular weight excluding hydrogens is 465 g/mol. The van der Waals surface area contributed by atoms with Crippen molar-refractivity contribution in [2.75, 3.05) is 11.9 Å². The van der Waals surface area contributed by atoms with Crippen molar-refractivity contribution >= 4 is 41.1 Å². The molecule has 3 aromatic rings. The lowest BCUT2D eigenvalue weighted by molar-refractivity contribution is -0.385. The first kappa shape index (κ1) is 22.3. The maximum absolute atomic E-state index is 10.9. The fourth-order valence-corrected chi connectivity index (χ4v) is 3.67. The number of hydrogen-bond donors (Lipinski definition) is 1. The van der Waals surface area contributed by atoms with E-state index in [0.29, 0.717) is 51.5 Å². The molecule has 0 radical (unpaired) electrons. The number of nitro groups is 1. The minimum atomic E-state index is -0.749. The van der Waals surface area contributed by atoms with Crippen molar-refractivity contribution in [3.05, 3.63) is 86.3 Å². The van der Waals surface area contributed by atoms with Gasteiger partial charge in [0.25, 0.3) is 5.69 Å². The van der Waals surface area contributed by atoms with Crippen LogP contribution in [-0.4, -0.2) is 32.6 Å². The highest BCUT2D eigenvalue weighted by molar-refractivity contribution is 6.42. The molecule has 3 heterocycles. The average Bonchev–Trinajstić information content (AvgIpc) is 3.31. The second-order valence-corrected chi connectivity index (χ2v) is 7.91. The Kier molecular flexibility index (Phi) is 6.31. The van der Waals surface area contributed by atoms with Crippen LogP contribution in [0.5, 0.6) is 0 Å². The number of anilines is 1. The van der Waals surface area contributed by atoms with Crippen LogP contribution in [0.25, 0.3) is 11.3 Å². The standard InChI is InChI=1S/C22H15Cl2N7O2/c23-17-4-2-14(10-18(17)24)20-15(11-25)12-28-21(30-20)26-9-7-22(6-1-8-29-22)19-5-3-16(13-27-19)31(32)33/h1-6,8,10,12-13H,7,9H2,(H,26,28,30). The first-order valence-corrected chi connectivity index (χ1v) is 10.5. The Labute approximate surface area is 198 Å². The zero-order valence-corrected chi connectivity index (χ0v) is 18.5. The van der Waals surface area contributed by atoms with E-state index in [2.05, 4.69) is 31.3 Å². The minimum absolute atomic E-state index is 0.0844. The highest BCUT2D eigenvalue weighted by atomic mass is 35.5. The number of halogens is 2. The molecule has 0 aliphatic carbocycles. The van der Waals surface area contributed by atoms with Crippen LogP contribution < -0.4 is 5.32 Å². The Bertz CT molecular complexity index is 1310. The van der Waals surface area contributed by atoms with Gasteiger partial charge in [-0.3, -0.25) is 20.1 Å². The molecule has 33 heavy (non-hydrogen) atoms. The van der Waals surface area contributed by atoms with Gasteiger partial charge in [-0.1, -0.05) is 29.3 Å². The smallest absolute Gasteiger partial charge is 0.287 e. The Morgan fingerprint density at radius 1 is 1.15 bits per heavy atom. The predicted molar refractivity (Wildman–Crippen MR) is 126 cm³/mol. The van der Waals surface area contributed by atoms with Gasteiger partial charge in [0.15, 0.2) is 0 Å². The quantitative estimate of drug-likeness (QED) is 0.374. The molecule has 0 bridgehead atoms. The third-order valence-electron chi connectivity index (χ3n) is 5.06. The monoisotopic (exact) mass is 479 g/mol. The van der Waals surface area contributed by atoms with Crippen molar-refractivity contribution in [2.24, 2.45) is 4.99 Å². The molecule has 0 saturated carbocycles. The second kappa shape index (κ2) is 9.32. The summed E-state index contributed by atoms with van der Waals surface area (Å²) < 4.78 is 0. The van der Waals surface area contributed by atoms with Crippen molar-refractivity contribution in [1.82, 2.24) is 15.0 Å². The summed E-state index contributed by atoms with van der Waals surface area (Å²) in [5, 5.41) is 24.3. The van der Waals surface area contributed by atoms with Crippen molar-refractivity contribution in [2.45, 2.75) is 12.0 Å². The van der Waals surface area contributed by atoms with E-state index in [1.165, 1.54) is 18.5 Å². The molecule has 11 heteroatoms. The Morgan fingerprint density at radius 2 is 2.00 bits per heavy atom.